The predicted octanol–water partition coefficient (Wildman–Crippen LogP) is 5.33. The van der Waals surface area contributed by atoms with Gasteiger partial charge >= 0.3 is 0 Å². The molecule has 3 nitrogen and oxygen atoms in total. The first-order chi connectivity index (χ1) is 12.8. The van der Waals surface area contributed by atoms with Gasteiger partial charge in [-0.05, 0) is 42.6 Å². The number of nitrogens with zero attached hydrogens (tertiary/aromatic N) is 2. The van der Waals surface area contributed by atoms with Gasteiger partial charge in [0.1, 0.15) is 5.75 Å². The highest BCUT2D eigenvalue weighted by atomic mass is 35.5. The van der Waals surface area contributed by atoms with Crippen LogP contribution in [0.2, 0.25) is 0 Å². The smallest absolute Gasteiger partial charge is 0.115 e. The Labute approximate surface area is 182 Å². The summed E-state index contributed by atoms with van der Waals surface area (Å²) in [6, 6.07) is 18.9. The minimum atomic E-state index is 0. The molecule has 1 fully saturated rings. The lowest BCUT2D eigenvalue weighted by molar-refractivity contribution is 0.0943. The molecule has 2 aromatic rings. The number of hydrogen-bond donors (Lipinski definition) is 1. The van der Waals surface area contributed by atoms with E-state index in [2.05, 4.69) is 53.1 Å². The quantitative estimate of drug-likeness (QED) is 0.580. The van der Waals surface area contributed by atoms with Crippen molar-refractivity contribution in [1.29, 1.82) is 0 Å². The summed E-state index contributed by atoms with van der Waals surface area (Å²) in [5.74, 6) is 0.357. The fourth-order valence-electron chi connectivity index (χ4n) is 3.92. The maximum atomic E-state index is 9.82. The van der Waals surface area contributed by atoms with Crippen LogP contribution in [0.25, 0.3) is 0 Å². The fraction of sp³-hybridized carbons (Fsp3) is 0.478. The van der Waals surface area contributed by atoms with Gasteiger partial charge in [-0.3, -0.25) is 4.90 Å². The molecular formula is C23H34Cl2N2O. The number of halogens is 2. The number of phenolic OH excluding ortho intramolecular Hbond substituents is 1. The van der Waals surface area contributed by atoms with Gasteiger partial charge in [0.2, 0.25) is 0 Å². The molecule has 1 N–H and O–H groups in total. The van der Waals surface area contributed by atoms with Crippen molar-refractivity contribution in [3.8, 4) is 5.75 Å². The van der Waals surface area contributed by atoms with Crippen molar-refractivity contribution >= 4 is 24.8 Å². The lowest BCUT2D eigenvalue weighted by Crippen LogP contribution is -2.48. The number of hydrogen-bond acceptors (Lipinski definition) is 3. The van der Waals surface area contributed by atoms with Crippen LogP contribution in [0.3, 0.4) is 0 Å². The van der Waals surface area contributed by atoms with Gasteiger partial charge in [0, 0.05) is 32.2 Å². The van der Waals surface area contributed by atoms with E-state index >= 15 is 0 Å². The third-order valence-electron chi connectivity index (χ3n) is 5.45. The topological polar surface area (TPSA) is 26.7 Å². The van der Waals surface area contributed by atoms with Crippen molar-refractivity contribution in [3.63, 3.8) is 0 Å². The Morgan fingerprint density at radius 3 is 2.25 bits per heavy atom. The second-order valence-electron chi connectivity index (χ2n) is 7.39. The highest BCUT2D eigenvalue weighted by Crippen LogP contribution is 2.27. The summed E-state index contributed by atoms with van der Waals surface area (Å²) in [7, 11) is 0. The first kappa shape index (κ1) is 24.8. The van der Waals surface area contributed by atoms with E-state index in [1.807, 2.05) is 12.1 Å². The zero-order chi connectivity index (χ0) is 18.2. The van der Waals surface area contributed by atoms with E-state index in [9.17, 15) is 5.11 Å². The molecule has 0 aromatic heterocycles. The Morgan fingerprint density at radius 2 is 1.61 bits per heavy atom. The van der Waals surface area contributed by atoms with Crippen molar-refractivity contribution in [2.75, 3.05) is 32.7 Å². The average Bonchev–Trinajstić information content (AvgIpc) is 2.68. The summed E-state index contributed by atoms with van der Waals surface area (Å²) >= 11 is 0. The molecule has 0 aliphatic carbocycles. The standard InChI is InChI=1S/C23H32N2O.2ClH/c1-2-3-7-13-24-14-16-25(17-15-24)23(21-10-5-4-6-11-21)19-20-9-8-12-22(26)18-20;;/h4-6,8-12,18,23,26H,2-3,7,13-17,19H2,1H3;2*1H. The highest BCUT2D eigenvalue weighted by molar-refractivity contribution is 5.85. The Balaban J connectivity index is 0.00000196. The number of rotatable bonds is 8. The molecule has 2 aromatic carbocycles. The lowest BCUT2D eigenvalue weighted by Gasteiger charge is -2.39. The molecule has 156 valence electrons. The summed E-state index contributed by atoms with van der Waals surface area (Å²) in [6.45, 7) is 8.06. The molecule has 1 saturated heterocycles. The molecule has 0 amide bonds. The maximum Gasteiger partial charge on any atom is 0.115 e. The molecule has 5 heteroatoms. The van der Waals surface area contributed by atoms with E-state index in [1.54, 1.807) is 6.07 Å². The van der Waals surface area contributed by atoms with E-state index < -0.39 is 0 Å². The summed E-state index contributed by atoms with van der Waals surface area (Å²) in [6.07, 6.45) is 4.89. The molecule has 1 unspecified atom stereocenters. The zero-order valence-corrected chi connectivity index (χ0v) is 18.4. The van der Waals surface area contributed by atoms with Gasteiger partial charge in [0.25, 0.3) is 0 Å². The second kappa shape index (κ2) is 13.1. The van der Waals surface area contributed by atoms with Gasteiger partial charge in [-0.2, -0.15) is 0 Å². The van der Waals surface area contributed by atoms with Crippen LogP contribution in [0.5, 0.6) is 5.75 Å². The fourth-order valence-corrected chi connectivity index (χ4v) is 3.92. The summed E-state index contributed by atoms with van der Waals surface area (Å²) < 4.78 is 0. The Hall–Kier alpha value is -1.26. The van der Waals surface area contributed by atoms with Crippen LogP contribution in [0.15, 0.2) is 54.6 Å². The van der Waals surface area contributed by atoms with Gasteiger partial charge in [-0.1, -0.05) is 62.2 Å². The van der Waals surface area contributed by atoms with Crippen molar-refractivity contribution in [2.45, 2.75) is 38.6 Å². The van der Waals surface area contributed by atoms with Crippen molar-refractivity contribution < 1.29 is 5.11 Å². The molecule has 1 atom stereocenters. The molecule has 0 bridgehead atoms. The molecule has 0 spiro atoms. The number of unbranched alkanes of at least 4 members (excludes halogenated alkanes) is 2. The van der Waals surface area contributed by atoms with Gasteiger partial charge in [-0.15, -0.1) is 24.8 Å². The van der Waals surface area contributed by atoms with E-state index in [4.69, 9.17) is 0 Å². The normalized spacial score (nSPS) is 16.0. The number of piperazine rings is 1. The van der Waals surface area contributed by atoms with Gasteiger partial charge in [0.15, 0.2) is 0 Å². The van der Waals surface area contributed by atoms with Gasteiger partial charge < -0.3 is 10.0 Å². The Morgan fingerprint density at radius 1 is 0.893 bits per heavy atom. The number of aromatic hydroxyl groups is 1. The second-order valence-corrected chi connectivity index (χ2v) is 7.39. The molecule has 0 saturated carbocycles. The minimum absolute atomic E-state index is 0. The average molecular weight is 425 g/mol. The van der Waals surface area contributed by atoms with Crippen LogP contribution >= 0.6 is 24.8 Å². The SMILES string of the molecule is CCCCCN1CCN(C(Cc2cccc(O)c2)c2ccccc2)CC1.Cl.Cl. The Kier molecular flexibility index (Phi) is 11.6. The monoisotopic (exact) mass is 424 g/mol. The van der Waals surface area contributed by atoms with Crippen LogP contribution in [0.1, 0.15) is 43.4 Å². The minimum Gasteiger partial charge on any atom is -0.508 e. The molecule has 1 aliphatic heterocycles. The highest BCUT2D eigenvalue weighted by Gasteiger charge is 2.25. The van der Waals surface area contributed by atoms with Crippen molar-refractivity contribution in [3.05, 3.63) is 65.7 Å². The first-order valence-electron chi connectivity index (χ1n) is 10.1. The molecule has 1 heterocycles. The van der Waals surface area contributed by atoms with Crippen LogP contribution in [0, 0.1) is 0 Å². The van der Waals surface area contributed by atoms with E-state index in [0.717, 1.165) is 32.6 Å². The summed E-state index contributed by atoms with van der Waals surface area (Å²) in [5.41, 5.74) is 2.57. The van der Waals surface area contributed by atoms with Crippen LogP contribution < -0.4 is 0 Å². The molecule has 1 aliphatic rings. The van der Waals surface area contributed by atoms with E-state index in [0.29, 0.717) is 11.8 Å². The lowest BCUT2D eigenvalue weighted by atomic mass is 9.96. The van der Waals surface area contributed by atoms with Crippen LogP contribution in [-0.2, 0) is 6.42 Å². The molecule has 0 radical (unpaired) electrons. The zero-order valence-electron chi connectivity index (χ0n) is 16.8. The largest absolute Gasteiger partial charge is 0.508 e. The molecule has 3 rings (SSSR count). The summed E-state index contributed by atoms with van der Waals surface area (Å²) in [4.78, 5) is 5.23. The van der Waals surface area contributed by atoms with E-state index in [-0.39, 0.29) is 24.8 Å². The summed E-state index contributed by atoms with van der Waals surface area (Å²) in [5, 5.41) is 9.82. The third-order valence-corrected chi connectivity index (χ3v) is 5.45. The predicted molar refractivity (Wildman–Crippen MR) is 123 cm³/mol. The van der Waals surface area contributed by atoms with Crippen LogP contribution in [-0.4, -0.2) is 47.6 Å². The van der Waals surface area contributed by atoms with Gasteiger partial charge in [-0.25, -0.2) is 0 Å². The number of benzene rings is 2. The van der Waals surface area contributed by atoms with Crippen molar-refractivity contribution in [1.82, 2.24) is 9.80 Å². The molecule has 28 heavy (non-hydrogen) atoms. The first-order valence-corrected chi connectivity index (χ1v) is 10.1. The van der Waals surface area contributed by atoms with Gasteiger partial charge in [0.05, 0.1) is 0 Å². The third kappa shape index (κ3) is 7.29. The van der Waals surface area contributed by atoms with Crippen LogP contribution in [0.4, 0.5) is 0 Å². The van der Waals surface area contributed by atoms with E-state index in [1.165, 1.54) is 36.9 Å². The van der Waals surface area contributed by atoms with Crippen molar-refractivity contribution in [2.24, 2.45) is 0 Å². The number of phenols is 1. The maximum absolute atomic E-state index is 9.82. The Bertz CT molecular complexity index is 661. The molecular weight excluding hydrogens is 391 g/mol.